The van der Waals surface area contributed by atoms with E-state index >= 15 is 0 Å². The number of aryl methyl sites for hydroxylation is 1. The van der Waals surface area contributed by atoms with E-state index < -0.39 is 10.0 Å². The maximum atomic E-state index is 12.1. The first-order chi connectivity index (χ1) is 8.88. The molecule has 1 aromatic carbocycles. The highest BCUT2D eigenvalue weighted by molar-refractivity contribution is 9.10. The summed E-state index contributed by atoms with van der Waals surface area (Å²) in [5.41, 5.74) is 1.28. The summed E-state index contributed by atoms with van der Waals surface area (Å²) in [7, 11) is -3.57. The van der Waals surface area contributed by atoms with Crippen molar-refractivity contribution in [3.63, 3.8) is 0 Å². The first kappa shape index (κ1) is 14.9. The number of nitrogens with one attached hydrogen (secondary N) is 1. The van der Waals surface area contributed by atoms with E-state index in [-0.39, 0.29) is 15.2 Å². The second kappa shape index (κ2) is 5.88. The molecule has 1 heterocycles. The standard InChI is InChI=1S/C11H10BrClN2O2S2/c1-7-10(18-11(13)15-7)19(16,17)14-6-8-3-2-4-9(12)5-8/h2-5,14H,6H2,1H3. The van der Waals surface area contributed by atoms with Gasteiger partial charge in [-0.05, 0) is 24.6 Å². The molecule has 0 spiro atoms. The third-order valence-electron chi connectivity index (χ3n) is 2.33. The summed E-state index contributed by atoms with van der Waals surface area (Å²) in [4.78, 5) is 3.90. The molecule has 0 aliphatic heterocycles. The molecule has 102 valence electrons. The van der Waals surface area contributed by atoms with Gasteiger partial charge in [0.15, 0.2) is 8.68 Å². The number of nitrogens with zero attached hydrogens (tertiary/aromatic N) is 1. The number of benzene rings is 1. The van der Waals surface area contributed by atoms with Gasteiger partial charge in [0.1, 0.15) is 0 Å². The van der Waals surface area contributed by atoms with Crippen molar-refractivity contribution >= 4 is 48.9 Å². The van der Waals surface area contributed by atoms with Crippen molar-refractivity contribution in [2.75, 3.05) is 0 Å². The van der Waals surface area contributed by atoms with Crippen molar-refractivity contribution < 1.29 is 8.42 Å². The molecule has 4 nitrogen and oxygen atoms in total. The van der Waals surface area contributed by atoms with Crippen LogP contribution in [0.2, 0.25) is 4.47 Å². The zero-order valence-electron chi connectivity index (χ0n) is 9.85. The zero-order chi connectivity index (χ0) is 14.0. The van der Waals surface area contributed by atoms with Crippen LogP contribution in [0.25, 0.3) is 0 Å². The Hall–Kier alpha value is -0.470. The molecular formula is C11H10BrClN2O2S2. The lowest BCUT2D eigenvalue weighted by Gasteiger charge is -2.05. The lowest BCUT2D eigenvalue weighted by Crippen LogP contribution is -2.23. The smallest absolute Gasteiger partial charge is 0.229 e. The monoisotopic (exact) mass is 380 g/mol. The van der Waals surface area contributed by atoms with E-state index in [2.05, 4.69) is 25.6 Å². The van der Waals surface area contributed by atoms with Gasteiger partial charge in [-0.15, -0.1) is 0 Å². The predicted octanol–water partition coefficient (Wildman–Crippen LogP) is 3.35. The molecule has 0 radical (unpaired) electrons. The number of halogens is 2. The highest BCUT2D eigenvalue weighted by Gasteiger charge is 2.20. The zero-order valence-corrected chi connectivity index (χ0v) is 13.8. The fourth-order valence-electron chi connectivity index (χ4n) is 1.49. The molecule has 0 aliphatic rings. The Labute approximate surface area is 129 Å². The van der Waals surface area contributed by atoms with E-state index in [1.165, 1.54) is 0 Å². The normalized spacial score (nSPS) is 11.7. The Morgan fingerprint density at radius 2 is 2.21 bits per heavy atom. The number of sulfonamides is 1. The molecule has 0 unspecified atom stereocenters. The highest BCUT2D eigenvalue weighted by atomic mass is 79.9. The number of hydrogen-bond donors (Lipinski definition) is 1. The third kappa shape index (κ3) is 3.76. The molecule has 1 N–H and O–H groups in total. The number of hydrogen-bond acceptors (Lipinski definition) is 4. The lowest BCUT2D eigenvalue weighted by molar-refractivity contribution is 0.582. The SMILES string of the molecule is Cc1nc(Cl)sc1S(=O)(=O)NCc1cccc(Br)c1. The van der Waals surface area contributed by atoms with Crippen LogP contribution in [0.4, 0.5) is 0 Å². The van der Waals surface area contributed by atoms with Gasteiger partial charge in [-0.3, -0.25) is 0 Å². The molecular weight excluding hydrogens is 372 g/mol. The van der Waals surface area contributed by atoms with Gasteiger partial charge in [-0.25, -0.2) is 18.1 Å². The molecule has 0 fully saturated rings. The van der Waals surface area contributed by atoms with Crippen molar-refractivity contribution in [2.24, 2.45) is 0 Å². The van der Waals surface area contributed by atoms with Crippen LogP contribution in [0, 0.1) is 6.92 Å². The number of thiazole rings is 1. The van der Waals surface area contributed by atoms with E-state index in [0.717, 1.165) is 21.4 Å². The second-order valence-electron chi connectivity index (χ2n) is 3.79. The average Bonchev–Trinajstić information content (AvgIpc) is 2.67. The van der Waals surface area contributed by atoms with E-state index in [0.29, 0.717) is 5.69 Å². The van der Waals surface area contributed by atoms with Gasteiger partial charge in [0, 0.05) is 11.0 Å². The van der Waals surface area contributed by atoms with Crippen LogP contribution in [0.5, 0.6) is 0 Å². The largest absolute Gasteiger partial charge is 0.252 e. The first-order valence-corrected chi connectivity index (χ1v) is 8.72. The third-order valence-corrected chi connectivity index (χ3v) is 6.09. The summed E-state index contributed by atoms with van der Waals surface area (Å²) in [6, 6.07) is 7.43. The van der Waals surface area contributed by atoms with Crippen LogP contribution < -0.4 is 4.72 Å². The van der Waals surface area contributed by atoms with Crippen molar-refractivity contribution in [3.8, 4) is 0 Å². The van der Waals surface area contributed by atoms with Crippen LogP contribution in [0.1, 0.15) is 11.3 Å². The van der Waals surface area contributed by atoms with Gasteiger partial charge in [0.25, 0.3) is 10.0 Å². The number of aromatic nitrogens is 1. The van der Waals surface area contributed by atoms with Gasteiger partial charge in [0.2, 0.25) is 0 Å². The van der Waals surface area contributed by atoms with Gasteiger partial charge in [-0.2, -0.15) is 0 Å². The van der Waals surface area contributed by atoms with Crippen LogP contribution in [-0.4, -0.2) is 13.4 Å². The summed E-state index contributed by atoms with van der Waals surface area (Å²) in [6.07, 6.45) is 0. The van der Waals surface area contributed by atoms with E-state index in [9.17, 15) is 8.42 Å². The van der Waals surface area contributed by atoms with Crippen LogP contribution in [0.3, 0.4) is 0 Å². The van der Waals surface area contributed by atoms with Gasteiger partial charge < -0.3 is 0 Å². The molecule has 0 atom stereocenters. The van der Waals surface area contributed by atoms with E-state index in [1.807, 2.05) is 24.3 Å². The fourth-order valence-corrected chi connectivity index (χ4v) is 4.74. The second-order valence-corrected chi connectivity index (χ2v) is 8.25. The van der Waals surface area contributed by atoms with Crippen molar-refractivity contribution in [1.29, 1.82) is 0 Å². The molecule has 1 aromatic heterocycles. The van der Waals surface area contributed by atoms with Crippen molar-refractivity contribution in [2.45, 2.75) is 17.7 Å². The summed E-state index contributed by atoms with van der Waals surface area (Å²) < 4.78 is 28.0. The molecule has 0 amide bonds. The quantitative estimate of drug-likeness (QED) is 0.883. The molecule has 0 aliphatic carbocycles. The lowest BCUT2D eigenvalue weighted by atomic mass is 10.2. The molecule has 0 bridgehead atoms. The van der Waals surface area contributed by atoms with Crippen molar-refractivity contribution in [1.82, 2.24) is 9.71 Å². The molecule has 0 saturated carbocycles. The Bertz CT molecular complexity index is 700. The minimum Gasteiger partial charge on any atom is -0.229 e. The Morgan fingerprint density at radius 1 is 1.47 bits per heavy atom. The van der Waals surface area contributed by atoms with Crippen LogP contribution in [-0.2, 0) is 16.6 Å². The van der Waals surface area contributed by atoms with Gasteiger partial charge >= 0.3 is 0 Å². The topological polar surface area (TPSA) is 59.1 Å². The summed E-state index contributed by atoms with van der Waals surface area (Å²) in [5.74, 6) is 0. The average molecular weight is 382 g/mol. The maximum absolute atomic E-state index is 12.1. The summed E-state index contributed by atoms with van der Waals surface area (Å²) in [5, 5.41) is 0. The summed E-state index contributed by atoms with van der Waals surface area (Å²) in [6.45, 7) is 1.84. The van der Waals surface area contributed by atoms with Gasteiger partial charge in [0.05, 0.1) is 5.69 Å². The summed E-state index contributed by atoms with van der Waals surface area (Å²) >= 11 is 10.0. The number of rotatable bonds is 4. The Balaban J connectivity index is 2.16. The highest BCUT2D eigenvalue weighted by Crippen LogP contribution is 2.26. The maximum Gasteiger partial charge on any atom is 0.252 e. The molecule has 2 rings (SSSR count). The molecule has 8 heteroatoms. The van der Waals surface area contributed by atoms with Crippen LogP contribution in [0.15, 0.2) is 32.9 Å². The molecule has 0 saturated heterocycles. The van der Waals surface area contributed by atoms with Crippen molar-refractivity contribution in [3.05, 3.63) is 44.5 Å². The molecule has 2 aromatic rings. The Kier molecular flexibility index (Phi) is 4.62. The Morgan fingerprint density at radius 3 is 2.79 bits per heavy atom. The molecule has 19 heavy (non-hydrogen) atoms. The first-order valence-electron chi connectivity index (χ1n) is 5.25. The van der Waals surface area contributed by atoms with Crippen LogP contribution >= 0.6 is 38.9 Å². The van der Waals surface area contributed by atoms with E-state index in [1.54, 1.807) is 6.92 Å². The minimum atomic E-state index is -3.57. The fraction of sp³-hybridized carbons (Fsp3) is 0.182. The predicted molar refractivity (Wildman–Crippen MR) is 80.0 cm³/mol. The van der Waals surface area contributed by atoms with E-state index in [4.69, 9.17) is 11.6 Å². The minimum absolute atomic E-state index is 0.160. The van der Waals surface area contributed by atoms with Gasteiger partial charge in [-0.1, -0.05) is 51.0 Å².